The molecule has 3 rings (SSSR count). The van der Waals surface area contributed by atoms with Crippen LogP contribution in [0.4, 0.5) is 11.4 Å². The van der Waals surface area contributed by atoms with E-state index in [9.17, 15) is 18.3 Å². The van der Waals surface area contributed by atoms with Crippen LogP contribution in [0, 0.1) is 6.92 Å². The number of benzene rings is 2. The quantitative estimate of drug-likeness (QED) is 0.399. The first-order valence-electron chi connectivity index (χ1n) is 12.5. The van der Waals surface area contributed by atoms with Crippen molar-refractivity contribution in [2.45, 2.75) is 70.1 Å². The van der Waals surface area contributed by atoms with Crippen molar-refractivity contribution in [3.63, 3.8) is 0 Å². The van der Waals surface area contributed by atoms with Gasteiger partial charge in [-0.25, -0.2) is 13.1 Å². The fourth-order valence-electron chi connectivity index (χ4n) is 4.24. The molecular weight excluding hydrogens is 498 g/mol. The first-order valence-corrected chi connectivity index (χ1v) is 14.3. The summed E-state index contributed by atoms with van der Waals surface area (Å²) in [7, 11) is -3.36. The zero-order chi connectivity index (χ0) is 26.5. The van der Waals surface area contributed by atoms with Gasteiger partial charge in [0.2, 0.25) is 15.9 Å². The lowest BCUT2D eigenvalue weighted by Gasteiger charge is -2.38. The van der Waals surface area contributed by atoms with Crippen molar-refractivity contribution in [3.05, 3.63) is 58.6 Å². The summed E-state index contributed by atoms with van der Waals surface area (Å²) in [5.41, 5.74) is 3.86. The Morgan fingerprint density at radius 1 is 1.14 bits per heavy atom. The molecule has 1 aliphatic heterocycles. The molecule has 0 bridgehead atoms. The van der Waals surface area contributed by atoms with Crippen LogP contribution in [-0.2, 0) is 14.8 Å². The third-order valence-corrected chi connectivity index (χ3v) is 9.10. The maximum Gasteiger partial charge on any atom is 0.224 e. The van der Waals surface area contributed by atoms with Crippen molar-refractivity contribution in [2.24, 2.45) is 0 Å². The number of sulfonamides is 1. The van der Waals surface area contributed by atoms with E-state index < -0.39 is 20.9 Å². The predicted octanol–water partition coefficient (Wildman–Crippen LogP) is 4.83. The van der Waals surface area contributed by atoms with Crippen LogP contribution in [0.2, 0.25) is 5.02 Å². The molecule has 3 N–H and O–H groups in total. The number of nitrogens with zero attached hydrogens (tertiary/aromatic N) is 1. The minimum atomic E-state index is -3.36. The Hall–Kier alpha value is -2.13. The normalized spacial score (nSPS) is 18.8. The van der Waals surface area contributed by atoms with Crippen molar-refractivity contribution >= 4 is 38.9 Å². The van der Waals surface area contributed by atoms with Crippen molar-refractivity contribution < 1.29 is 18.3 Å². The summed E-state index contributed by atoms with van der Waals surface area (Å²) in [6.07, 6.45) is 1.79. The maximum atomic E-state index is 12.4. The number of rotatable bonds is 9. The van der Waals surface area contributed by atoms with Crippen LogP contribution in [0.25, 0.3) is 0 Å². The molecule has 2 aromatic carbocycles. The molecule has 1 amide bonds. The van der Waals surface area contributed by atoms with Gasteiger partial charge in [-0.1, -0.05) is 23.7 Å². The molecule has 2 unspecified atom stereocenters. The van der Waals surface area contributed by atoms with Gasteiger partial charge in [0.15, 0.2) is 0 Å². The SMILES string of the molecule is Cc1cc(N2CCC(O)C(c3ccc(Cl)cc3)C2)ccc1NC(=O)CCCCNS(=O)(=O)C(C)(C)C. The topological polar surface area (TPSA) is 98.7 Å². The van der Waals surface area contributed by atoms with Gasteiger partial charge in [-0.15, -0.1) is 0 Å². The molecule has 1 fully saturated rings. The molecule has 198 valence electrons. The number of hydrogen-bond donors (Lipinski definition) is 3. The van der Waals surface area contributed by atoms with Gasteiger partial charge in [0.05, 0.1) is 10.9 Å². The van der Waals surface area contributed by atoms with E-state index in [4.69, 9.17) is 11.6 Å². The van der Waals surface area contributed by atoms with E-state index in [1.807, 2.05) is 43.3 Å². The molecule has 2 atom stereocenters. The Labute approximate surface area is 220 Å². The molecule has 0 radical (unpaired) electrons. The monoisotopic (exact) mass is 535 g/mol. The second-order valence-electron chi connectivity index (χ2n) is 10.5. The number of carbonyl (C=O) groups is 1. The van der Waals surface area contributed by atoms with Crippen molar-refractivity contribution in [1.82, 2.24) is 4.72 Å². The molecule has 0 saturated carbocycles. The Kier molecular flexibility index (Phi) is 9.44. The second-order valence-corrected chi connectivity index (χ2v) is 13.4. The van der Waals surface area contributed by atoms with E-state index in [0.717, 1.165) is 29.0 Å². The van der Waals surface area contributed by atoms with E-state index in [1.54, 1.807) is 20.8 Å². The van der Waals surface area contributed by atoms with Crippen molar-refractivity contribution in [1.29, 1.82) is 0 Å². The highest BCUT2D eigenvalue weighted by Crippen LogP contribution is 2.32. The number of piperidine rings is 1. The molecule has 1 aliphatic rings. The van der Waals surface area contributed by atoms with Gasteiger partial charge in [-0.05, 0) is 88.4 Å². The van der Waals surface area contributed by atoms with Gasteiger partial charge in [0.1, 0.15) is 0 Å². The highest BCUT2D eigenvalue weighted by Gasteiger charge is 2.30. The van der Waals surface area contributed by atoms with E-state index in [1.165, 1.54) is 0 Å². The minimum absolute atomic E-state index is 0.00331. The van der Waals surface area contributed by atoms with Crippen molar-refractivity contribution in [2.75, 3.05) is 29.9 Å². The summed E-state index contributed by atoms with van der Waals surface area (Å²) < 4.78 is 25.9. The Balaban J connectivity index is 1.52. The van der Waals surface area contributed by atoms with Gasteiger partial charge < -0.3 is 15.3 Å². The van der Waals surface area contributed by atoms with Crippen LogP contribution in [0.3, 0.4) is 0 Å². The average molecular weight is 536 g/mol. The first-order chi connectivity index (χ1) is 16.9. The van der Waals surface area contributed by atoms with E-state index in [-0.39, 0.29) is 11.8 Å². The second kappa shape index (κ2) is 11.9. The minimum Gasteiger partial charge on any atom is -0.392 e. The summed E-state index contributed by atoms with van der Waals surface area (Å²) in [5, 5.41) is 14.2. The van der Waals surface area contributed by atoms with E-state index in [0.29, 0.717) is 43.8 Å². The van der Waals surface area contributed by atoms with Gasteiger partial charge in [-0.3, -0.25) is 4.79 Å². The number of aliphatic hydroxyl groups is 1. The number of unbranched alkanes of at least 4 members (excludes halogenated alkanes) is 1. The lowest BCUT2D eigenvalue weighted by molar-refractivity contribution is -0.116. The standard InChI is InChI=1S/C27H38ClN3O4S/c1-19-17-22(31-16-14-25(32)23(18-31)20-8-10-21(28)11-9-20)12-13-24(19)30-26(33)7-5-6-15-29-36(34,35)27(2,3)4/h8-13,17,23,25,29,32H,5-7,14-16,18H2,1-4H3,(H,30,33). The summed E-state index contributed by atoms with van der Waals surface area (Å²) in [5.74, 6) is -0.0861. The molecule has 1 saturated heterocycles. The molecule has 0 spiro atoms. The van der Waals surface area contributed by atoms with Gasteiger partial charge >= 0.3 is 0 Å². The van der Waals surface area contributed by atoms with E-state index >= 15 is 0 Å². The molecule has 2 aromatic rings. The summed E-state index contributed by atoms with van der Waals surface area (Å²) in [6, 6.07) is 13.6. The largest absolute Gasteiger partial charge is 0.392 e. The number of aryl methyl sites for hydroxylation is 1. The number of nitrogens with one attached hydrogen (secondary N) is 2. The summed E-state index contributed by atoms with van der Waals surface area (Å²) in [4.78, 5) is 14.7. The Morgan fingerprint density at radius 2 is 1.83 bits per heavy atom. The molecule has 0 aromatic heterocycles. The average Bonchev–Trinajstić information content (AvgIpc) is 2.80. The molecule has 7 nitrogen and oxygen atoms in total. The lowest BCUT2D eigenvalue weighted by Crippen LogP contribution is -2.42. The lowest BCUT2D eigenvalue weighted by atomic mass is 9.87. The highest BCUT2D eigenvalue weighted by atomic mass is 35.5. The third-order valence-electron chi connectivity index (χ3n) is 6.65. The van der Waals surface area contributed by atoms with E-state index in [2.05, 4.69) is 21.0 Å². The third kappa shape index (κ3) is 7.44. The zero-order valence-corrected chi connectivity index (χ0v) is 23.1. The zero-order valence-electron chi connectivity index (χ0n) is 21.6. The number of halogens is 1. The number of hydrogen-bond acceptors (Lipinski definition) is 5. The fourth-order valence-corrected chi connectivity index (χ4v) is 5.21. The molecular formula is C27H38ClN3O4S. The van der Waals surface area contributed by atoms with Crippen LogP contribution < -0.4 is 14.9 Å². The van der Waals surface area contributed by atoms with Crippen LogP contribution in [-0.4, -0.2) is 49.9 Å². The van der Waals surface area contributed by atoms with Crippen LogP contribution in [0.15, 0.2) is 42.5 Å². The number of amides is 1. The van der Waals surface area contributed by atoms with Gasteiger partial charge in [0, 0.05) is 48.4 Å². The highest BCUT2D eigenvalue weighted by molar-refractivity contribution is 7.90. The number of anilines is 2. The fraction of sp³-hybridized carbons (Fsp3) is 0.519. The maximum absolute atomic E-state index is 12.4. The van der Waals surface area contributed by atoms with Crippen molar-refractivity contribution in [3.8, 4) is 0 Å². The smallest absolute Gasteiger partial charge is 0.224 e. The van der Waals surface area contributed by atoms with Gasteiger partial charge in [-0.2, -0.15) is 0 Å². The number of aliphatic hydroxyl groups excluding tert-OH is 1. The molecule has 9 heteroatoms. The summed E-state index contributed by atoms with van der Waals surface area (Å²) in [6.45, 7) is 8.72. The first kappa shape index (κ1) is 28.4. The Morgan fingerprint density at radius 3 is 2.47 bits per heavy atom. The summed E-state index contributed by atoms with van der Waals surface area (Å²) >= 11 is 6.03. The molecule has 1 heterocycles. The van der Waals surface area contributed by atoms with Crippen LogP contribution >= 0.6 is 11.6 Å². The van der Waals surface area contributed by atoms with Crippen LogP contribution in [0.1, 0.15) is 63.5 Å². The Bertz CT molecular complexity index is 1150. The predicted molar refractivity (Wildman–Crippen MR) is 147 cm³/mol. The molecule has 0 aliphatic carbocycles. The van der Waals surface area contributed by atoms with Crippen LogP contribution in [0.5, 0.6) is 0 Å². The van der Waals surface area contributed by atoms with Gasteiger partial charge in [0.25, 0.3) is 0 Å². The molecule has 36 heavy (non-hydrogen) atoms. The number of carbonyl (C=O) groups excluding carboxylic acids is 1.